The summed E-state index contributed by atoms with van der Waals surface area (Å²) in [7, 11) is 0. The Balaban J connectivity index is 1.39. The Morgan fingerprint density at radius 2 is 2.00 bits per heavy atom. The fourth-order valence-electron chi connectivity index (χ4n) is 3.48. The van der Waals surface area contributed by atoms with Gasteiger partial charge in [-0.25, -0.2) is 0 Å². The molecule has 2 aliphatic rings. The lowest BCUT2D eigenvalue weighted by Gasteiger charge is -2.37. The summed E-state index contributed by atoms with van der Waals surface area (Å²) in [4.78, 5) is 17.1. The summed E-state index contributed by atoms with van der Waals surface area (Å²) in [6, 6.07) is 10.5. The molecule has 2 saturated heterocycles. The van der Waals surface area contributed by atoms with Gasteiger partial charge in [-0.15, -0.1) is 0 Å². The first-order valence-corrected chi connectivity index (χ1v) is 9.12. The van der Waals surface area contributed by atoms with E-state index in [1.54, 1.807) is 0 Å². The number of piperazine rings is 1. The van der Waals surface area contributed by atoms with Crippen molar-refractivity contribution in [3.05, 3.63) is 35.9 Å². The van der Waals surface area contributed by atoms with Gasteiger partial charge in [-0.1, -0.05) is 30.3 Å². The summed E-state index contributed by atoms with van der Waals surface area (Å²) in [5.74, 6) is 0.127. The number of benzene rings is 1. The largest absolute Gasteiger partial charge is 0.376 e. The van der Waals surface area contributed by atoms with Crippen molar-refractivity contribution >= 4 is 5.91 Å². The maximum atomic E-state index is 12.3. The Morgan fingerprint density at radius 3 is 2.67 bits per heavy atom. The number of hydrogen-bond acceptors (Lipinski definition) is 4. The second-order valence-corrected chi connectivity index (χ2v) is 6.85. The number of carbonyl (C=O) groups excluding carboxylic acids is 1. The van der Waals surface area contributed by atoms with Crippen LogP contribution in [0, 0.1) is 0 Å². The molecule has 3 rings (SSSR count). The van der Waals surface area contributed by atoms with Gasteiger partial charge < -0.3 is 10.1 Å². The highest BCUT2D eigenvalue weighted by Gasteiger charge is 2.26. The van der Waals surface area contributed by atoms with Crippen LogP contribution in [0.1, 0.15) is 25.3 Å². The van der Waals surface area contributed by atoms with E-state index >= 15 is 0 Å². The van der Waals surface area contributed by atoms with Crippen molar-refractivity contribution < 1.29 is 9.53 Å². The average molecular weight is 331 g/mol. The zero-order valence-corrected chi connectivity index (χ0v) is 14.6. The predicted molar refractivity (Wildman–Crippen MR) is 94.7 cm³/mol. The summed E-state index contributed by atoms with van der Waals surface area (Å²) in [5, 5.41) is 3.05. The molecule has 1 N–H and O–H groups in total. The Bertz CT molecular complexity index is 509. The maximum absolute atomic E-state index is 12.3. The zero-order valence-electron chi connectivity index (χ0n) is 14.6. The van der Waals surface area contributed by atoms with E-state index < -0.39 is 0 Å². The number of ether oxygens (including phenoxy) is 1. The number of nitrogens with one attached hydrogen (secondary N) is 1. The number of carbonyl (C=O) groups is 1. The van der Waals surface area contributed by atoms with Gasteiger partial charge in [0.25, 0.3) is 0 Å². The summed E-state index contributed by atoms with van der Waals surface area (Å²) in [6.45, 7) is 8.40. The SMILES string of the molecule is C[C@@H](C(=O)NC[C@H]1CCCO1)N1CCN(Cc2ccccc2)CC1. The summed E-state index contributed by atoms with van der Waals surface area (Å²) in [5.41, 5.74) is 1.35. The minimum atomic E-state index is -0.0646. The van der Waals surface area contributed by atoms with Crippen LogP contribution in [0.15, 0.2) is 30.3 Å². The lowest BCUT2D eigenvalue weighted by Crippen LogP contribution is -2.54. The molecule has 1 aromatic rings. The minimum Gasteiger partial charge on any atom is -0.376 e. The van der Waals surface area contributed by atoms with Crippen molar-refractivity contribution in [3.8, 4) is 0 Å². The summed E-state index contributed by atoms with van der Waals surface area (Å²) < 4.78 is 5.56. The van der Waals surface area contributed by atoms with Gasteiger partial charge in [-0.3, -0.25) is 14.6 Å². The molecule has 1 amide bonds. The molecule has 0 saturated carbocycles. The third kappa shape index (κ3) is 4.79. The fourth-order valence-corrected chi connectivity index (χ4v) is 3.48. The first-order chi connectivity index (χ1) is 11.7. The van der Waals surface area contributed by atoms with Crippen molar-refractivity contribution in [2.75, 3.05) is 39.3 Å². The smallest absolute Gasteiger partial charge is 0.237 e. The van der Waals surface area contributed by atoms with E-state index in [0.29, 0.717) is 6.54 Å². The first-order valence-electron chi connectivity index (χ1n) is 9.12. The Labute approximate surface area is 145 Å². The van der Waals surface area contributed by atoms with Crippen molar-refractivity contribution in [1.82, 2.24) is 15.1 Å². The molecule has 1 aromatic carbocycles. The minimum absolute atomic E-state index is 0.0646. The van der Waals surface area contributed by atoms with Gasteiger partial charge in [-0.2, -0.15) is 0 Å². The molecule has 0 spiro atoms. The van der Waals surface area contributed by atoms with E-state index in [-0.39, 0.29) is 18.1 Å². The highest BCUT2D eigenvalue weighted by Crippen LogP contribution is 2.12. The third-order valence-corrected chi connectivity index (χ3v) is 5.11. The lowest BCUT2D eigenvalue weighted by molar-refractivity contribution is -0.127. The van der Waals surface area contributed by atoms with Crippen LogP contribution in [0.3, 0.4) is 0 Å². The van der Waals surface area contributed by atoms with Crippen molar-refractivity contribution in [2.24, 2.45) is 0 Å². The third-order valence-electron chi connectivity index (χ3n) is 5.11. The van der Waals surface area contributed by atoms with E-state index in [1.165, 1.54) is 5.56 Å². The van der Waals surface area contributed by atoms with Gasteiger partial charge in [0, 0.05) is 45.9 Å². The standard InChI is InChI=1S/C19H29N3O2/c1-16(19(23)20-14-18-8-5-13-24-18)22-11-9-21(10-12-22)15-17-6-3-2-4-7-17/h2-4,6-7,16,18H,5,8-15H2,1H3,(H,20,23)/t16-,18+/m0/s1. The van der Waals surface area contributed by atoms with Crippen LogP contribution < -0.4 is 5.32 Å². The number of nitrogens with zero attached hydrogens (tertiary/aromatic N) is 2. The predicted octanol–water partition coefficient (Wildman–Crippen LogP) is 1.49. The van der Waals surface area contributed by atoms with Crippen LogP contribution in [-0.2, 0) is 16.1 Å². The topological polar surface area (TPSA) is 44.8 Å². The average Bonchev–Trinajstić information content (AvgIpc) is 3.14. The van der Waals surface area contributed by atoms with Crippen LogP contribution in [-0.4, -0.2) is 67.2 Å². The van der Waals surface area contributed by atoms with Gasteiger partial charge in [0.05, 0.1) is 12.1 Å². The first kappa shape index (κ1) is 17.4. The monoisotopic (exact) mass is 331 g/mol. The molecule has 5 heteroatoms. The fraction of sp³-hybridized carbons (Fsp3) is 0.632. The van der Waals surface area contributed by atoms with Crippen molar-refractivity contribution in [2.45, 2.75) is 38.5 Å². The second-order valence-electron chi connectivity index (χ2n) is 6.85. The van der Waals surface area contributed by atoms with Gasteiger partial charge in [0.2, 0.25) is 5.91 Å². The quantitative estimate of drug-likeness (QED) is 0.858. The number of rotatable bonds is 6. The lowest BCUT2D eigenvalue weighted by atomic mass is 10.1. The summed E-state index contributed by atoms with van der Waals surface area (Å²) in [6.07, 6.45) is 2.38. The molecule has 132 valence electrons. The molecular weight excluding hydrogens is 302 g/mol. The Hall–Kier alpha value is -1.43. The molecule has 0 unspecified atom stereocenters. The molecule has 2 fully saturated rings. The summed E-state index contributed by atoms with van der Waals surface area (Å²) >= 11 is 0. The molecule has 2 heterocycles. The van der Waals surface area contributed by atoms with E-state index in [0.717, 1.165) is 52.2 Å². The van der Waals surface area contributed by atoms with E-state index in [4.69, 9.17) is 4.74 Å². The highest BCUT2D eigenvalue weighted by atomic mass is 16.5. The van der Waals surface area contributed by atoms with Crippen LogP contribution in [0.5, 0.6) is 0 Å². The normalized spacial score (nSPS) is 24.0. The van der Waals surface area contributed by atoms with Crippen LogP contribution in [0.25, 0.3) is 0 Å². The highest BCUT2D eigenvalue weighted by molar-refractivity contribution is 5.81. The van der Waals surface area contributed by atoms with Crippen LogP contribution in [0.4, 0.5) is 0 Å². The van der Waals surface area contributed by atoms with E-state index in [1.807, 2.05) is 6.92 Å². The van der Waals surface area contributed by atoms with E-state index in [9.17, 15) is 4.79 Å². The molecule has 24 heavy (non-hydrogen) atoms. The van der Waals surface area contributed by atoms with Gasteiger partial charge in [-0.05, 0) is 25.3 Å². The van der Waals surface area contributed by atoms with Crippen LogP contribution >= 0.6 is 0 Å². The molecule has 0 aromatic heterocycles. The molecule has 5 nitrogen and oxygen atoms in total. The molecular formula is C19H29N3O2. The van der Waals surface area contributed by atoms with Gasteiger partial charge >= 0.3 is 0 Å². The molecule has 2 aliphatic heterocycles. The Morgan fingerprint density at radius 1 is 1.25 bits per heavy atom. The van der Waals surface area contributed by atoms with Gasteiger partial charge in [0.15, 0.2) is 0 Å². The van der Waals surface area contributed by atoms with Crippen molar-refractivity contribution in [1.29, 1.82) is 0 Å². The molecule has 0 radical (unpaired) electrons. The number of hydrogen-bond donors (Lipinski definition) is 1. The van der Waals surface area contributed by atoms with Gasteiger partial charge in [0.1, 0.15) is 0 Å². The number of amides is 1. The maximum Gasteiger partial charge on any atom is 0.237 e. The second kappa shape index (κ2) is 8.60. The Kier molecular flexibility index (Phi) is 6.24. The van der Waals surface area contributed by atoms with Crippen LogP contribution in [0.2, 0.25) is 0 Å². The molecule has 0 bridgehead atoms. The van der Waals surface area contributed by atoms with Crippen molar-refractivity contribution in [3.63, 3.8) is 0 Å². The zero-order chi connectivity index (χ0) is 16.8. The van der Waals surface area contributed by atoms with E-state index in [2.05, 4.69) is 45.4 Å². The molecule has 2 atom stereocenters. The molecule has 0 aliphatic carbocycles.